The molecular formula is C45H27N3O. The summed E-state index contributed by atoms with van der Waals surface area (Å²) in [4.78, 5) is 15.5. The zero-order chi connectivity index (χ0) is 32.3. The molecular weight excluding hydrogens is 599 g/mol. The first-order chi connectivity index (χ1) is 24.3. The lowest BCUT2D eigenvalue weighted by Gasteiger charge is -2.13. The van der Waals surface area contributed by atoms with Crippen LogP contribution in [0.2, 0.25) is 0 Å². The number of hydrogen-bond acceptors (Lipinski definition) is 4. The molecule has 0 aliphatic rings. The number of hydrogen-bond donors (Lipinski definition) is 0. The summed E-state index contributed by atoms with van der Waals surface area (Å²) >= 11 is 0. The zero-order valence-electron chi connectivity index (χ0n) is 26.3. The van der Waals surface area contributed by atoms with E-state index in [2.05, 4.69) is 109 Å². The minimum atomic E-state index is 0.672. The van der Waals surface area contributed by atoms with Crippen molar-refractivity contribution >= 4 is 54.4 Å². The Kier molecular flexibility index (Phi) is 6.15. The van der Waals surface area contributed by atoms with Gasteiger partial charge in [-0.1, -0.05) is 133 Å². The third-order valence-corrected chi connectivity index (χ3v) is 9.47. The third kappa shape index (κ3) is 4.49. The lowest BCUT2D eigenvalue weighted by molar-refractivity contribution is 0.672. The van der Waals surface area contributed by atoms with E-state index in [-0.39, 0.29) is 0 Å². The molecule has 0 amide bonds. The first kappa shape index (κ1) is 27.5. The van der Waals surface area contributed by atoms with E-state index in [1.165, 1.54) is 21.5 Å². The molecule has 0 saturated heterocycles. The molecule has 0 radical (unpaired) electrons. The molecule has 7 aromatic carbocycles. The molecule has 49 heavy (non-hydrogen) atoms. The second-order valence-electron chi connectivity index (χ2n) is 12.4. The Morgan fingerprint density at radius 3 is 1.88 bits per heavy atom. The van der Waals surface area contributed by atoms with Crippen molar-refractivity contribution in [2.24, 2.45) is 0 Å². The first-order valence-electron chi connectivity index (χ1n) is 16.4. The fraction of sp³-hybridized carbons (Fsp3) is 0. The van der Waals surface area contributed by atoms with Crippen LogP contribution < -0.4 is 0 Å². The van der Waals surface area contributed by atoms with Gasteiger partial charge in [-0.15, -0.1) is 0 Å². The molecule has 10 aromatic rings. The van der Waals surface area contributed by atoms with Gasteiger partial charge in [0.1, 0.15) is 11.2 Å². The van der Waals surface area contributed by atoms with Crippen molar-refractivity contribution in [2.75, 3.05) is 0 Å². The highest BCUT2D eigenvalue weighted by atomic mass is 16.3. The average molecular weight is 626 g/mol. The van der Waals surface area contributed by atoms with Gasteiger partial charge in [-0.25, -0.2) is 15.0 Å². The summed E-state index contributed by atoms with van der Waals surface area (Å²) in [6, 6.07) is 56.6. The van der Waals surface area contributed by atoms with Crippen LogP contribution in [0.4, 0.5) is 0 Å². The van der Waals surface area contributed by atoms with E-state index in [0.29, 0.717) is 5.82 Å². The van der Waals surface area contributed by atoms with Crippen LogP contribution in [0.15, 0.2) is 168 Å². The SMILES string of the molecule is c1ccc(-c2cc(-c3cc4ccccc4c4ccccc34)nc(-c3ccc(-c4nc5ccccc5c5oc6ccccc6c45)cc3)n2)cc1. The van der Waals surface area contributed by atoms with Crippen LogP contribution in [0.25, 0.3) is 99.5 Å². The minimum absolute atomic E-state index is 0.672. The standard InChI is InChI=1S/C45H27N3O/c1-2-12-28(13-3-1)39-27-40(37-26-31-14-4-5-15-32(31)33-16-6-7-17-34(33)37)48-45(47-39)30-24-22-29(23-25-30)43-42-36-19-9-11-21-41(36)49-44(42)35-18-8-10-20-38(35)46-43/h1-27H. The van der Waals surface area contributed by atoms with Crippen molar-refractivity contribution in [1.29, 1.82) is 0 Å². The fourth-order valence-electron chi connectivity index (χ4n) is 7.13. The van der Waals surface area contributed by atoms with Gasteiger partial charge in [0.2, 0.25) is 0 Å². The predicted octanol–water partition coefficient (Wildman–Crippen LogP) is 11.9. The third-order valence-electron chi connectivity index (χ3n) is 9.47. The number of benzene rings is 7. The van der Waals surface area contributed by atoms with Crippen molar-refractivity contribution in [3.63, 3.8) is 0 Å². The molecule has 0 N–H and O–H groups in total. The van der Waals surface area contributed by atoms with Crippen molar-refractivity contribution in [3.05, 3.63) is 164 Å². The van der Waals surface area contributed by atoms with E-state index < -0.39 is 0 Å². The highest BCUT2D eigenvalue weighted by molar-refractivity contribution is 6.19. The normalized spacial score (nSPS) is 11.7. The van der Waals surface area contributed by atoms with Crippen LogP contribution in [-0.4, -0.2) is 15.0 Å². The quantitative estimate of drug-likeness (QED) is 0.183. The summed E-state index contributed by atoms with van der Waals surface area (Å²) < 4.78 is 6.43. The van der Waals surface area contributed by atoms with Crippen LogP contribution in [0, 0.1) is 0 Å². The number of para-hydroxylation sites is 2. The summed E-state index contributed by atoms with van der Waals surface area (Å²) in [5.74, 6) is 0.672. The second kappa shape index (κ2) is 11.0. The van der Waals surface area contributed by atoms with Gasteiger partial charge in [0.15, 0.2) is 5.82 Å². The summed E-state index contributed by atoms with van der Waals surface area (Å²) in [5, 5.41) is 7.88. The molecule has 4 heteroatoms. The monoisotopic (exact) mass is 625 g/mol. The van der Waals surface area contributed by atoms with Crippen LogP contribution >= 0.6 is 0 Å². The smallest absolute Gasteiger partial charge is 0.160 e. The van der Waals surface area contributed by atoms with Gasteiger partial charge < -0.3 is 4.42 Å². The molecule has 4 nitrogen and oxygen atoms in total. The van der Waals surface area contributed by atoms with Crippen LogP contribution in [0.5, 0.6) is 0 Å². The van der Waals surface area contributed by atoms with Gasteiger partial charge in [-0.2, -0.15) is 0 Å². The Balaban J connectivity index is 1.16. The van der Waals surface area contributed by atoms with Gasteiger partial charge in [0.05, 0.1) is 28.0 Å². The molecule has 228 valence electrons. The number of fused-ring (bicyclic) bond motifs is 8. The second-order valence-corrected chi connectivity index (χ2v) is 12.4. The maximum absolute atomic E-state index is 6.43. The molecule has 0 spiro atoms. The predicted molar refractivity (Wildman–Crippen MR) is 201 cm³/mol. The topological polar surface area (TPSA) is 51.8 Å². The van der Waals surface area contributed by atoms with E-state index in [1.807, 2.05) is 54.6 Å². The van der Waals surface area contributed by atoms with E-state index in [9.17, 15) is 0 Å². The Hall–Kier alpha value is -6.65. The maximum Gasteiger partial charge on any atom is 0.160 e. The zero-order valence-corrected chi connectivity index (χ0v) is 26.3. The van der Waals surface area contributed by atoms with Crippen molar-refractivity contribution in [3.8, 4) is 45.2 Å². The highest BCUT2D eigenvalue weighted by Crippen LogP contribution is 2.40. The number of nitrogens with zero attached hydrogens (tertiary/aromatic N) is 3. The van der Waals surface area contributed by atoms with Gasteiger partial charge >= 0.3 is 0 Å². The van der Waals surface area contributed by atoms with Crippen LogP contribution in [0.3, 0.4) is 0 Å². The summed E-state index contributed by atoms with van der Waals surface area (Å²) in [6.45, 7) is 0. The van der Waals surface area contributed by atoms with Gasteiger partial charge in [0.25, 0.3) is 0 Å². The van der Waals surface area contributed by atoms with Crippen LogP contribution in [0.1, 0.15) is 0 Å². The molecule has 0 unspecified atom stereocenters. The van der Waals surface area contributed by atoms with E-state index in [4.69, 9.17) is 19.4 Å². The number of aromatic nitrogens is 3. The first-order valence-corrected chi connectivity index (χ1v) is 16.4. The van der Waals surface area contributed by atoms with Crippen molar-refractivity contribution in [2.45, 2.75) is 0 Å². The molecule has 3 aromatic heterocycles. The molecule has 10 rings (SSSR count). The Bertz CT molecular complexity index is 2870. The summed E-state index contributed by atoms with van der Waals surface area (Å²) in [7, 11) is 0. The van der Waals surface area contributed by atoms with Gasteiger partial charge in [0, 0.05) is 33.0 Å². The van der Waals surface area contributed by atoms with E-state index in [1.54, 1.807) is 0 Å². The van der Waals surface area contributed by atoms with Gasteiger partial charge in [-0.05, 0) is 51.9 Å². The lowest BCUT2D eigenvalue weighted by atomic mass is 9.95. The highest BCUT2D eigenvalue weighted by Gasteiger charge is 2.19. The summed E-state index contributed by atoms with van der Waals surface area (Å²) in [5.41, 5.74) is 9.34. The van der Waals surface area contributed by atoms with Gasteiger partial charge in [-0.3, -0.25) is 0 Å². The average Bonchev–Trinajstić information content (AvgIpc) is 3.58. The van der Waals surface area contributed by atoms with Crippen molar-refractivity contribution in [1.82, 2.24) is 15.0 Å². The van der Waals surface area contributed by atoms with E-state index >= 15 is 0 Å². The largest absolute Gasteiger partial charge is 0.455 e. The molecule has 3 heterocycles. The molecule has 0 fully saturated rings. The van der Waals surface area contributed by atoms with E-state index in [0.717, 1.165) is 72.2 Å². The summed E-state index contributed by atoms with van der Waals surface area (Å²) in [6.07, 6.45) is 0. The van der Waals surface area contributed by atoms with Crippen molar-refractivity contribution < 1.29 is 4.42 Å². The lowest BCUT2D eigenvalue weighted by Crippen LogP contribution is -1.97. The maximum atomic E-state index is 6.43. The Morgan fingerprint density at radius 1 is 0.408 bits per heavy atom. The van der Waals surface area contributed by atoms with Crippen LogP contribution in [-0.2, 0) is 0 Å². The minimum Gasteiger partial charge on any atom is -0.455 e. The molecule has 0 aliphatic carbocycles. The number of rotatable bonds is 4. The molecule has 0 saturated carbocycles. The molecule has 0 atom stereocenters. The molecule has 0 bridgehead atoms. The Labute approximate surface area is 282 Å². The number of furan rings is 1. The fourth-order valence-corrected chi connectivity index (χ4v) is 7.13. The Morgan fingerprint density at radius 2 is 1.04 bits per heavy atom. The number of pyridine rings is 1. The molecule has 0 aliphatic heterocycles.